The number of rotatable bonds is 4. The van der Waals surface area contributed by atoms with Crippen LogP contribution < -0.4 is 5.32 Å². The molecule has 100 valence electrons. The summed E-state index contributed by atoms with van der Waals surface area (Å²) in [5.74, 6) is 0. The molecule has 0 aromatic carbocycles. The highest BCUT2D eigenvalue weighted by molar-refractivity contribution is 4.84. The van der Waals surface area contributed by atoms with Gasteiger partial charge in [-0.25, -0.2) is 0 Å². The number of nitrogens with one attached hydrogen (secondary N) is 1. The summed E-state index contributed by atoms with van der Waals surface area (Å²) in [7, 11) is 0. The SMILES string of the molecule is CCCN(C1CCCCCC1)C1CCCNC1. The summed E-state index contributed by atoms with van der Waals surface area (Å²) in [4.78, 5) is 2.86. The van der Waals surface area contributed by atoms with Crippen LogP contribution in [0.5, 0.6) is 0 Å². The van der Waals surface area contributed by atoms with Crippen molar-refractivity contribution in [3.05, 3.63) is 0 Å². The van der Waals surface area contributed by atoms with E-state index in [-0.39, 0.29) is 0 Å². The van der Waals surface area contributed by atoms with E-state index in [0.717, 1.165) is 12.1 Å². The minimum atomic E-state index is 0.826. The molecule has 1 aliphatic carbocycles. The zero-order chi connectivity index (χ0) is 11.9. The van der Waals surface area contributed by atoms with Crippen LogP contribution in [-0.4, -0.2) is 36.6 Å². The fourth-order valence-electron chi connectivity index (χ4n) is 3.63. The van der Waals surface area contributed by atoms with Crippen LogP contribution in [0.1, 0.15) is 64.7 Å². The van der Waals surface area contributed by atoms with Gasteiger partial charge in [-0.2, -0.15) is 0 Å². The molecule has 2 aliphatic rings. The summed E-state index contributed by atoms with van der Waals surface area (Å²) in [6, 6.07) is 1.72. The number of piperidine rings is 1. The highest BCUT2D eigenvalue weighted by Gasteiger charge is 2.27. The zero-order valence-corrected chi connectivity index (χ0v) is 11.6. The monoisotopic (exact) mass is 238 g/mol. The van der Waals surface area contributed by atoms with E-state index < -0.39 is 0 Å². The topological polar surface area (TPSA) is 15.3 Å². The summed E-state index contributed by atoms with van der Waals surface area (Å²) in [6.07, 6.45) is 12.9. The van der Waals surface area contributed by atoms with Crippen LogP contribution in [0.25, 0.3) is 0 Å². The van der Waals surface area contributed by atoms with Crippen LogP contribution in [0, 0.1) is 0 Å². The van der Waals surface area contributed by atoms with Crippen LogP contribution in [0.4, 0.5) is 0 Å². The highest BCUT2D eigenvalue weighted by Crippen LogP contribution is 2.25. The Balaban J connectivity index is 1.93. The van der Waals surface area contributed by atoms with E-state index in [9.17, 15) is 0 Å². The molecule has 2 nitrogen and oxygen atoms in total. The van der Waals surface area contributed by atoms with Gasteiger partial charge in [0.2, 0.25) is 0 Å². The van der Waals surface area contributed by atoms with Crippen molar-refractivity contribution in [1.29, 1.82) is 0 Å². The lowest BCUT2D eigenvalue weighted by Crippen LogP contribution is -2.50. The molecule has 0 bridgehead atoms. The quantitative estimate of drug-likeness (QED) is 0.757. The fourth-order valence-corrected chi connectivity index (χ4v) is 3.63. The Labute approximate surface area is 107 Å². The van der Waals surface area contributed by atoms with E-state index in [1.807, 2.05) is 0 Å². The van der Waals surface area contributed by atoms with Crippen molar-refractivity contribution < 1.29 is 0 Å². The lowest BCUT2D eigenvalue weighted by molar-refractivity contribution is 0.101. The number of hydrogen-bond acceptors (Lipinski definition) is 2. The Morgan fingerprint density at radius 2 is 1.65 bits per heavy atom. The van der Waals surface area contributed by atoms with Gasteiger partial charge in [-0.15, -0.1) is 0 Å². The van der Waals surface area contributed by atoms with Gasteiger partial charge in [0.25, 0.3) is 0 Å². The maximum atomic E-state index is 3.59. The average molecular weight is 238 g/mol. The second-order valence-corrected chi connectivity index (χ2v) is 5.88. The second-order valence-electron chi connectivity index (χ2n) is 5.88. The van der Waals surface area contributed by atoms with Crippen molar-refractivity contribution in [1.82, 2.24) is 10.2 Å². The predicted octanol–water partition coefficient (Wildman–Crippen LogP) is 3.17. The first kappa shape index (κ1) is 13.4. The maximum Gasteiger partial charge on any atom is 0.0224 e. The molecule has 0 amide bonds. The van der Waals surface area contributed by atoms with Crippen molar-refractivity contribution in [3.63, 3.8) is 0 Å². The molecule has 1 unspecified atom stereocenters. The summed E-state index contributed by atoms with van der Waals surface area (Å²) in [5, 5.41) is 3.59. The van der Waals surface area contributed by atoms with Gasteiger partial charge < -0.3 is 5.32 Å². The fraction of sp³-hybridized carbons (Fsp3) is 1.00. The largest absolute Gasteiger partial charge is 0.315 e. The molecule has 0 aromatic heterocycles. The molecule has 0 spiro atoms. The Hall–Kier alpha value is -0.0800. The van der Waals surface area contributed by atoms with Gasteiger partial charge in [0.05, 0.1) is 0 Å². The first-order chi connectivity index (χ1) is 8.42. The maximum absolute atomic E-state index is 3.59. The Kier molecular flexibility index (Phi) is 5.79. The van der Waals surface area contributed by atoms with Crippen LogP contribution in [-0.2, 0) is 0 Å². The molecule has 0 radical (unpaired) electrons. The van der Waals surface area contributed by atoms with Gasteiger partial charge >= 0.3 is 0 Å². The zero-order valence-electron chi connectivity index (χ0n) is 11.6. The third kappa shape index (κ3) is 3.96. The van der Waals surface area contributed by atoms with Gasteiger partial charge in [-0.3, -0.25) is 4.90 Å². The van der Waals surface area contributed by atoms with Gasteiger partial charge in [0, 0.05) is 18.6 Å². The molecular weight excluding hydrogens is 208 g/mol. The van der Waals surface area contributed by atoms with E-state index >= 15 is 0 Å². The normalized spacial score (nSPS) is 28.2. The molecule has 17 heavy (non-hydrogen) atoms. The molecule has 1 heterocycles. The molecule has 1 saturated carbocycles. The molecule has 2 rings (SSSR count). The first-order valence-corrected chi connectivity index (χ1v) is 7.88. The van der Waals surface area contributed by atoms with Crippen molar-refractivity contribution in [2.75, 3.05) is 19.6 Å². The van der Waals surface area contributed by atoms with Gasteiger partial charge in [0.15, 0.2) is 0 Å². The molecular formula is C15H30N2. The van der Waals surface area contributed by atoms with Crippen LogP contribution in [0.3, 0.4) is 0 Å². The third-order valence-electron chi connectivity index (χ3n) is 4.52. The summed E-state index contributed by atoms with van der Waals surface area (Å²) < 4.78 is 0. The van der Waals surface area contributed by atoms with Crippen LogP contribution in [0.15, 0.2) is 0 Å². The van der Waals surface area contributed by atoms with E-state index in [1.165, 1.54) is 77.4 Å². The van der Waals surface area contributed by atoms with E-state index in [1.54, 1.807) is 0 Å². The van der Waals surface area contributed by atoms with Crippen LogP contribution >= 0.6 is 0 Å². The highest BCUT2D eigenvalue weighted by atomic mass is 15.2. The summed E-state index contributed by atoms with van der Waals surface area (Å²) >= 11 is 0. The minimum absolute atomic E-state index is 0.826. The lowest BCUT2D eigenvalue weighted by atomic mass is 9.99. The van der Waals surface area contributed by atoms with Crippen molar-refractivity contribution >= 4 is 0 Å². The average Bonchev–Trinajstić information content (AvgIpc) is 2.66. The van der Waals surface area contributed by atoms with E-state index in [2.05, 4.69) is 17.1 Å². The molecule has 1 aliphatic heterocycles. The van der Waals surface area contributed by atoms with Gasteiger partial charge in [0.1, 0.15) is 0 Å². The Morgan fingerprint density at radius 3 is 2.24 bits per heavy atom. The Morgan fingerprint density at radius 1 is 0.941 bits per heavy atom. The first-order valence-electron chi connectivity index (χ1n) is 7.88. The molecule has 0 aromatic rings. The van der Waals surface area contributed by atoms with E-state index in [0.29, 0.717) is 0 Å². The van der Waals surface area contributed by atoms with Gasteiger partial charge in [-0.1, -0.05) is 32.6 Å². The second kappa shape index (κ2) is 7.38. The Bertz CT molecular complexity index is 191. The molecule has 1 saturated heterocycles. The predicted molar refractivity (Wildman–Crippen MR) is 74.4 cm³/mol. The van der Waals surface area contributed by atoms with Crippen molar-refractivity contribution in [2.45, 2.75) is 76.8 Å². The summed E-state index contributed by atoms with van der Waals surface area (Å²) in [5.41, 5.74) is 0. The third-order valence-corrected chi connectivity index (χ3v) is 4.52. The minimum Gasteiger partial charge on any atom is -0.315 e. The number of hydrogen-bond donors (Lipinski definition) is 1. The molecule has 1 atom stereocenters. The standard InChI is InChI=1S/C15H30N2/c1-2-12-17(15-10-7-11-16-13-15)14-8-5-3-4-6-9-14/h14-16H,2-13H2,1H3. The van der Waals surface area contributed by atoms with Crippen molar-refractivity contribution in [2.24, 2.45) is 0 Å². The smallest absolute Gasteiger partial charge is 0.0224 e. The molecule has 2 fully saturated rings. The van der Waals surface area contributed by atoms with E-state index in [4.69, 9.17) is 0 Å². The number of nitrogens with zero attached hydrogens (tertiary/aromatic N) is 1. The molecule has 2 heteroatoms. The molecule has 1 N–H and O–H groups in total. The lowest BCUT2D eigenvalue weighted by Gasteiger charge is -2.40. The van der Waals surface area contributed by atoms with Crippen molar-refractivity contribution in [3.8, 4) is 0 Å². The van der Waals surface area contributed by atoms with Crippen LogP contribution in [0.2, 0.25) is 0 Å². The summed E-state index contributed by atoms with van der Waals surface area (Å²) in [6.45, 7) is 6.12. The van der Waals surface area contributed by atoms with Gasteiger partial charge in [-0.05, 0) is 45.2 Å².